The van der Waals surface area contributed by atoms with E-state index in [-0.39, 0.29) is 16.4 Å². The lowest BCUT2D eigenvalue weighted by molar-refractivity contribution is 0.101. The molecule has 0 saturated heterocycles. The number of fused-ring (bicyclic) bond motifs is 1. The van der Waals surface area contributed by atoms with Gasteiger partial charge in [0.2, 0.25) is 0 Å². The topological polar surface area (TPSA) is 73.2 Å². The summed E-state index contributed by atoms with van der Waals surface area (Å²) in [6, 6.07) is 19.0. The Morgan fingerprint density at radius 1 is 1.10 bits per heavy atom. The number of rotatable bonds is 4. The van der Waals surface area contributed by atoms with Gasteiger partial charge in [0.15, 0.2) is 5.82 Å². The Bertz CT molecular complexity index is 1340. The van der Waals surface area contributed by atoms with Crippen molar-refractivity contribution in [3.63, 3.8) is 0 Å². The van der Waals surface area contributed by atoms with E-state index in [1.165, 1.54) is 0 Å². The van der Waals surface area contributed by atoms with Gasteiger partial charge in [0.25, 0.3) is 11.5 Å². The number of amides is 1. The Morgan fingerprint density at radius 2 is 1.90 bits per heavy atom. The highest BCUT2D eigenvalue weighted by Gasteiger charge is 2.18. The molecule has 0 fully saturated rings. The lowest BCUT2D eigenvalue weighted by Gasteiger charge is -2.15. The number of para-hydroxylation sites is 1. The van der Waals surface area contributed by atoms with Crippen LogP contribution in [-0.2, 0) is 0 Å². The van der Waals surface area contributed by atoms with Crippen LogP contribution in [-0.4, -0.2) is 22.7 Å². The Hall–Kier alpha value is -3.16. The number of benzene rings is 3. The van der Waals surface area contributed by atoms with Gasteiger partial charge in [-0.3, -0.25) is 15.0 Å². The van der Waals surface area contributed by atoms with Gasteiger partial charge in [0, 0.05) is 10.0 Å². The summed E-state index contributed by atoms with van der Waals surface area (Å²) in [6.07, 6.45) is 0. The van der Waals surface area contributed by atoms with Gasteiger partial charge in [-0.25, -0.2) is 4.98 Å². The minimum atomic E-state index is -0.537. The molecule has 0 bridgehead atoms. The largest absolute Gasteiger partial charge is 0.497 e. The van der Waals surface area contributed by atoms with E-state index in [0.717, 1.165) is 4.68 Å². The van der Waals surface area contributed by atoms with Crippen molar-refractivity contribution in [2.24, 2.45) is 0 Å². The van der Waals surface area contributed by atoms with Crippen LogP contribution in [0.3, 0.4) is 0 Å². The van der Waals surface area contributed by atoms with Crippen molar-refractivity contribution < 1.29 is 9.53 Å². The van der Waals surface area contributed by atoms with Crippen LogP contribution in [0.25, 0.3) is 22.3 Å². The van der Waals surface area contributed by atoms with Crippen LogP contribution in [0, 0.1) is 0 Å². The lowest BCUT2D eigenvalue weighted by atomic mass is 10.1. The molecule has 1 heterocycles. The van der Waals surface area contributed by atoms with Crippen molar-refractivity contribution in [3.8, 4) is 17.1 Å². The van der Waals surface area contributed by atoms with Gasteiger partial charge in [0.05, 0.1) is 28.6 Å². The van der Waals surface area contributed by atoms with Crippen LogP contribution >= 0.6 is 27.5 Å². The van der Waals surface area contributed by atoms with Crippen molar-refractivity contribution >= 4 is 44.3 Å². The van der Waals surface area contributed by atoms with E-state index in [1.807, 2.05) is 0 Å². The lowest BCUT2D eigenvalue weighted by Crippen LogP contribution is -2.35. The van der Waals surface area contributed by atoms with Crippen LogP contribution < -0.4 is 15.7 Å². The van der Waals surface area contributed by atoms with E-state index in [2.05, 4.69) is 26.3 Å². The van der Waals surface area contributed by atoms with E-state index in [0.29, 0.717) is 26.7 Å². The normalized spacial score (nSPS) is 10.8. The van der Waals surface area contributed by atoms with Gasteiger partial charge in [-0.2, -0.15) is 4.68 Å². The molecule has 30 heavy (non-hydrogen) atoms. The standard InChI is InChI=1S/C22H15BrClN3O3/c1-30-15-6-4-5-13(11-15)20-25-19-8-3-2-7-16(19)22(29)27(20)26-21(28)17-12-14(23)9-10-18(17)24/h2-12H,1H3,(H,26,28). The summed E-state index contributed by atoms with van der Waals surface area (Å²) in [7, 11) is 1.55. The van der Waals surface area contributed by atoms with Gasteiger partial charge < -0.3 is 4.74 Å². The number of ether oxygens (including phenoxy) is 1. The molecule has 8 heteroatoms. The fraction of sp³-hybridized carbons (Fsp3) is 0.0455. The minimum absolute atomic E-state index is 0.225. The van der Waals surface area contributed by atoms with E-state index in [4.69, 9.17) is 16.3 Å². The summed E-state index contributed by atoms with van der Waals surface area (Å²) >= 11 is 9.52. The minimum Gasteiger partial charge on any atom is -0.497 e. The number of halogens is 2. The van der Waals surface area contributed by atoms with E-state index in [1.54, 1.807) is 73.8 Å². The van der Waals surface area contributed by atoms with Crippen molar-refractivity contribution in [1.82, 2.24) is 9.66 Å². The zero-order valence-corrected chi connectivity index (χ0v) is 18.1. The van der Waals surface area contributed by atoms with Crippen LogP contribution in [0.4, 0.5) is 0 Å². The van der Waals surface area contributed by atoms with E-state index < -0.39 is 11.5 Å². The van der Waals surface area contributed by atoms with Gasteiger partial charge in [-0.15, -0.1) is 0 Å². The van der Waals surface area contributed by atoms with Gasteiger partial charge in [0.1, 0.15) is 5.75 Å². The average Bonchev–Trinajstić information content (AvgIpc) is 2.77. The van der Waals surface area contributed by atoms with Gasteiger partial charge >= 0.3 is 0 Å². The molecule has 1 N–H and O–H groups in total. The third-order valence-corrected chi connectivity index (χ3v) is 5.31. The number of nitrogens with one attached hydrogen (secondary N) is 1. The third-order valence-electron chi connectivity index (χ3n) is 4.49. The maximum Gasteiger partial charge on any atom is 0.280 e. The Labute approximate surface area is 185 Å². The number of carbonyl (C=O) groups is 1. The molecule has 0 aliphatic carbocycles. The molecule has 0 aliphatic rings. The number of methoxy groups -OCH3 is 1. The predicted octanol–water partition coefficient (Wildman–Crippen LogP) is 4.87. The first-order chi connectivity index (χ1) is 14.5. The second-order valence-electron chi connectivity index (χ2n) is 6.39. The van der Waals surface area contributed by atoms with Crippen LogP contribution in [0.5, 0.6) is 5.75 Å². The molecule has 0 unspecified atom stereocenters. The molecule has 6 nitrogen and oxygen atoms in total. The maximum absolute atomic E-state index is 13.2. The first-order valence-electron chi connectivity index (χ1n) is 8.90. The van der Waals surface area contributed by atoms with E-state index in [9.17, 15) is 9.59 Å². The molecule has 150 valence electrons. The fourth-order valence-corrected chi connectivity index (χ4v) is 3.59. The summed E-state index contributed by atoms with van der Waals surface area (Å²) in [5.41, 5.74) is 3.60. The monoisotopic (exact) mass is 483 g/mol. The number of carbonyl (C=O) groups excluding carboxylic acids is 1. The van der Waals surface area contributed by atoms with Gasteiger partial charge in [-0.1, -0.05) is 51.8 Å². The smallest absolute Gasteiger partial charge is 0.280 e. The molecule has 4 aromatic rings. The molecule has 0 aliphatic heterocycles. The van der Waals surface area contributed by atoms with Gasteiger partial charge in [-0.05, 0) is 42.5 Å². The highest BCUT2D eigenvalue weighted by atomic mass is 79.9. The highest BCUT2D eigenvalue weighted by molar-refractivity contribution is 9.10. The number of hydrogen-bond donors (Lipinski definition) is 1. The van der Waals surface area contributed by atoms with Crippen molar-refractivity contribution in [1.29, 1.82) is 0 Å². The Morgan fingerprint density at radius 3 is 2.70 bits per heavy atom. The summed E-state index contributed by atoms with van der Waals surface area (Å²) in [4.78, 5) is 30.8. The second kappa shape index (κ2) is 8.30. The molecule has 0 saturated carbocycles. The molecular weight excluding hydrogens is 470 g/mol. The van der Waals surface area contributed by atoms with Crippen molar-refractivity contribution in [2.75, 3.05) is 12.5 Å². The van der Waals surface area contributed by atoms with E-state index >= 15 is 0 Å². The van der Waals surface area contributed by atoms with Crippen LogP contribution in [0.2, 0.25) is 5.02 Å². The maximum atomic E-state index is 13.2. The summed E-state index contributed by atoms with van der Waals surface area (Å²) < 4.78 is 7.11. The summed E-state index contributed by atoms with van der Waals surface area (Å²) in [5.74, 6) is 0.338. The highest BCUT2D eigenvalue weighted by Crippen LogP contribution is 2.24. The molecule has 1 amide bonds. The average molecular weight is 485 g/mol. The Balaban J connectivity index is 1.91. The molecule has 0 radical (unpaired) electrons. The molecule has 0 atom stereocenters. The SMILES string of the molecule is COc1cccc(-c2nc3ccccc3c(=O)n2NC(=O)c2cc(Br)ccc2Cl)c1. The first kappa shape index (κ1) is 20.1. The molecule has 0 spiro atoms. The molecule has 1 aromatic heterocycles. The van der Waals surface area contributed by atoms with Crippen LogP contribution in [0.1, 0.15) is 10.4 Å². The van der Waals surface area contributed by atoms with Crippen molar-refractivity contribution in [3.05, 3.63) is 92.1 Å². The Kier molecular flexibility index (Phi) is 5.57. The molecule has 3 aromatic carbocycles. The fourth-order valence-electron chi connectivity index (χ4n) is 3.03. The molecule has 4 rings (SSSR count). The quantitative estimate of drug-likeness (QED) is 0.448. The van der Waals surface area contributed by atoms with Crippen LogP contribution in [0.15, 0.2) is 76.0 Å². The zero-order valence-electron chi connectivity index (χ0n) is 15.7. The summed E-state index contributed by atoms with van der Waals surface area (Å²) in [5, 5.41) is 0.644. The molecular formula is C22H15BrClN3O3. The summed E-state index contributed by atoms with van der Waals surface area (Å²) in [6.45, 7) is 0. The second-order valence-corrected chi connectivity index (χ2v) is 7.71. The number of nitrogens with zero attached hydrogens (tertiary/aromatic N) is 2. The number of aromatic nitrogens is 2. The predicted molar refractivity (Wildman–Crippen MR) is 121 cm³/mol. The number of hydrogen-bond acceptors (Lipinski definition) is 4. The third kappa shape index (κ3) is 3.81. The van der Waals surface area contributed by atoms with Crippen molar-refractivity contribution in [2.45, 2.75) is 0 Å². The first-order valence-corrected chi connectivity index (χ1v) is 10.1. The zero-order chi connectivity index (χ0) is 21.3.